The molecular weight excluding hydrogens is 363 g/mol. The average Bonchev–Trinajstić information content (AvgIpc) is 3.08. The van der Waals surface area contributed by atoms with Crippen LogP contribution in [0, 0.1) is 5.41 Å². The van der Waals surface area contributed by atoms with Gasteiger partial charge in [-0.15, -0.1) is 0 Å². The highest BCUT2D eigenvalue weighted by atomic mass is 16.5. The average molecular weight is 394 g/mol. The highest BCUT2D eigenvalue weighted by Gasteiger charge is 2.50. The molecule has 0 radical (unpaired) electrons. The van der Waals surface area contributed by atoms with Crippen molar-refractivity contribution in [2.75, 3.05) is 0 Å². The second-order valence-corrected chi connectivity index (χ2v) is 10.8. The lowest BCUT2D eigenvalue weighted by molar-refractivity contribution is 0.0375. The Hall–Kier alpha value is -2.32. The van der Waals surface area contributed by atoms with E-state index in [1.807, 2.05) is 0 Å². The Morgan fingerprint density at radius 3 is 1.97 bits per heavy atom. The zero-order chi connectivity index (χ0) is 21.3. The molecule has 3 aromatic carbocycles. The van der Waals surface area contributed by atoms with E-state index in [2.05, 4.69) is 108 Å². The van der Waals surface area contributed by atoms with Gasteiger partial charge >= 0.3 is 6.92 Å². The van der Waals surface area contributed by atoms with Gasteiger partial charge in [-0.25, -0.2) is 0 Å². The summed E-state index contributed by atoms with van der Waals surface area (Å²) in [6.45, 7) is 14.0. The lowest BCUT2D eigenvalue weighted by Gasteiger charge is -2.34. The lowest BCUT2D eigenvalue weighted by Crippen LogP contribution is -2.36. The second kappa shape index (κ2) is 6.34. The number of fused-ring (bicyclic) bond motifs is 3. The van der Waals surface area contributed by atoms with E-state index in [-0.39, 0.29) is 23.3 Å². The van der Waals surface area contributed by atoms with Crippen molar-refractivity contribution in [2.45, 2.75) is 58.9 Å². The molecule has 1 aliphatic heterocycles. The summed E-state index contributed by atoms with van der Waals surface area (Å²) < 4.78 is 6.53. The van der Waals surface area contributed by atoms with Gasteiger partial charge in [-0.3, -0.25) is 0 Å². The molecule has 0 aromatic heterocycles. The molecule has 1 saturated heterocycles. The normalized spacial score (nSPS) is 20.1. The molecule has 152 valence electrons. The predicted octanol–water partition coefficient (Wildman–Crippen LogP) is 6.69. The van der Waals surface area contributed by atoms with Crippen molar-refractivity contribution in [2.24, 2.45) is 5.41 Å². The highest BCUT2D eigenvalue weighted by molar-refractivity contribution is 6.68. The largest absolute Gasteiger partial charge is 0.426 e. The van der Waals surface area contributed by atoms with Crippen LogP contribution < -0.4 is 5.46 Å². The minimum Gasteiger partial charge on any atom is -0.426 e. The molecule has 1 aliphatic carbocycles. The molecule has 2 heteroatoms. The number of hydrogen-bond acceptors (Lipinski definition) is 1. The molecule has 5 rings (SSSR count). The van der Waals surface area contributed by atoms with Crippen LogP contribution in [0.15, 0.2) is 66.7 Å². The Labute approximate surface area is 181 Å². The summed E-state index contributed by atoms with van der Waals surface area (Å²) in [6, 6.07) is 24.7. The topological polar surface area (TPSA) is 9.23 Å². The fourth-order valence-electron chi connectivity index (χ4n) is 5.22. The quantitative estimate of drug-likeness (QED) is 0.440. The molecule has 0 spiro atoms. The summed E-state index contributed by atoms with van der Waals surface area (Å²) in [4.78, 5) is 0. The second-order valence-electron chi connectivity index (χ2n) is 10.8. The van der Waals surface area contributed by atoms with Crippen molar-refractivity contribution < 1.29 is 4.65 Å². The number of rotatable bonds is 2. The molecule has 0 bridgehead atoms. The zero-order valence-electron chi connectivity index (χ0n) is 19.0. The van der Waals surface area contributed by atoms with E-state index in [0.717, 1.165) is 6.32 Å². The van der Waals surface area contributed by atoms with E-state index >= 15 is 0 Å². The monoisotopic (exact) mass is 394 g/mol. The maximum absolute atomic E-state index is 6.53. The van der Waals surface area contributed by atoms with Crippen molar-refractivity contribution >= 4 is 12.4 Å². The molecule has 2 aliphatic rings. The van der Waals surface area contributed by atoms with Gasteiger partial charge in [0.05, 0.1) is 5.60 Å². The van der Waals surface area contributed by atoms with E-state index < -0.39 is 0 Å². The molecule has 3 aromatic rings. The van der Waals surface area contributed by atoms with E-state index in [1.165, 1.54) is 38.8 Å². The van der Waals surface area contributed by atoms with Crippen LogP contribution in [0.4, 0.5) is 0 Å². The van der Waals surface area contributed by atoms with Crippen LogP contribution in [0.25, 0.3) is 22.3 Å². The van der Waals surface area contributed by atoms with E-state index in [0.29, 0.717) is 0 Å². The van der Waals surface area contributed by atoms with Crippen molar-refractivity contribution in [3.05, 3.63) is 77.9 Å². The molecule has 0 saturated carbocycles. The Balaban J connectivity index is 1.56. The van der Waals surface area contributed by atoms with Crippen LogP contribution in [0.5, 0.6) is 0 Å². The van der Waals surface area contributed by atoms with Gasteiger partial charge in [0.25, 0.3) is 0 Å². The molecule has 0 unspecified atom stereocenters. The number of hydrogen-bond donors (Lipinski definition) is 0. The molecule has 30 heavy (non-hydrogen) atoms. The zero-order valence-corrected chi connectivity index (χ0v) is 19.0. The van der Waals surface area contributed by atoms with Gasteiger partial charge in [-0.2, -0.15) is 0 Å². The van der Waals surface area contributed by atoms with Gasteiger partial charge in [0.2, 0.25) is 0 Å². The summed E-state index contributed by atoms with van der Waals surface area (Å²) in [5, 5.41) is 0. The Morgan fingerprint density at radius 1 is 0.700 bits per heavy atom. The van der Waals surface area contributed by atoms with Crippen molar-refractivity contribution in [1.29, 1.82) is 0 Å². The fourth-order valence-corrected chi connectivity index (χ4v) is 5.22. The smallest absolute Gasteiger partial charge is 0.327 e. The van der Waals surface area contributed by atoms with Gasteiger partial charge in [0.1, 0.15) is 0 Å². The van der Waals surface area contributed by atoms with Crippen LogP contribution >= 0.6 is 0 Å². The summed E-state index contributed by atoms with van der Waals surface area (Å²) in [5.41, 5.74) is 9.50. The molecular formula is C28H31BO. The molecule has 0 atom stereocenters. The number of benzene rings is 3. The maximum atomic E-state index is 6.53. The third-order valence-electron chi connectivity index (χ3n) is 7.94. The summed E-state index contributed by atoms with van der Waals surface area (Å²) >= 11 is 0. The SMILES string of the molecule is CC1(C)c2cc(B3CC(C)(C)C(C)(C)O3)ccc2-c2ccc(-c3ccccc3)cc21. The predicted molar refractivity (Wildman–Crippen MR) is 129 cm³/mol. The van der Waals surface area contributed by atoms with Gasteiger partial charge in [0.15, 0.2) is 0 Å². The third-order valence-corrected chi connectivity index (χ3v) is 7.94. The van der Waals surface area contributed by atoms with Gasteiger partial charge in [0, 0.05) is 5.41 Å². The van der Waals surface area contributed by atoms with Gasteiger partial charge in [-0.05, 0) is 70.5 Å². The van der Waals surface area contributed by atoms with Crippen molar-refractivity contribution in [3.63, 3.8) is 0 Å². The van der Waals surface area contributed by atoms with E-state index in [1.54, 1.807) is 0 Å². The third kappa shape index (κ3) is 2.81. The highest BCUT2D eigenvalue weighted by Crippen LogP contribution is 2.50. The summed E-state index contributed by atoms with van der Waals surface area (Å²) in [6.07, 6.45) is 1.06. The van der Waals surface area contributed by atoms with Gasteiger partial charge in [-0.1, -0.05) is 88.4 Å². The Morgan fingerprint density at radius 2 is 1.33 bits per heavy atom. The van der Waals surface area contributed by atoms with Crippen LogP contribution in [-0.4, -0.2) is 12.5 Å². The van der Waals surface area contributed by atoms with Gasteiger partial charge < -0.3 is 4.65 Å². The van der Waals surface area contributed by atoms with Crippen LogP contribution in [0.3, 0.4) is 0 Å². The molecule has 1 heterocycles. The summed E-state index contributed by atoms with van der Waals surface area (Å²) in [7, 11) is 0. The molecule has 0 N–H and O–H groups in total. The standard InChI is InChI=1S/C28H31BO/c1-26(2)18-29(30-28(26,5)6)21-13-15-23-22-14-12-20(19-10-8-7-9-11-19)16-24(22)27(3,4)25(23)17-21/h7-17H,18H2,1-6H3. The van der Waals surface area contributed by atoms with Crippen LogP contribution in [0.2, 0.25) is 6.32 Å². The van der Waals surface area contributed by atoms with Crippen LogP contribution in [-0.2, 0) is 10.1 Å². The minimum absolute atomic E-state index is 0.0187. The first-order valence-electron chi connectivity index (χ1n) is 11.1. The van der Waals surface area contributed by atoms with Crippen molar-refractivity contribution in [3.8, 4) is 22.3 Å². The first kappa shape index (κ1) is 19.6. The first-order valence-corrected chi connectivity index (χ1v) is 11.1. The van der Waals surface area contributed by atoms with Crippen LogP contribution in [0.1, 0.15) is 52.7 Å². The Bertz CT molecular complexity index is 1110. The first-order chi connectivity index (χ1) is 14.1. The van der Waals surface area contributed by atoms with Crippen molar-refractivity contribution in [1.82, 2.24) is 0 Å². The molecule has 1 nitrogen and oxygen atoms in total. The van der Waals surface area contributed by atoms with E-state index in [4.69, 9.17) is 4.65 Å². The minimum atomic E-state index is -0.111. The molecule has 1 fully saturated rings. The maximum Gasteiger partial charge on any atom is 0.327 e. The lowest BCUT2D eigenvalue weighted by atomic mass is 9.54. The Kier molecular flexibility index (Phi) is 4.15. The molecule has 0 amide bonds. The fraction of sp³-hybridized carbons (Fsp3) is 0.357. The summed E-state index contributed by atoms with van der Waals surface area (Å²) in [5.74, 6) is 0. The van der Waals surface area contributed by atoms with E-state index in [9.17, 15) is 0 Å².